The number of aryl methyl sites for hydroxylation is 1. The van der Waals surface area contributed by atoms with Crippen molar-refractivity contribution in [1.29, 1.82) is 0 Å². The van der Waals surface area contributed by atoms with Crippen molar-refractivity contribution >= 4 is 22.8 Å². The number of fused-ring (bicyclic) bond motifs is 3. The molecule has 0 amide bonds. The van der Waals surface area contributed by atoms with Gasteiger partial charge in [0, 0.05) is 0 Å². The minimum atomic E-state index is -2.18. The van der Waals surface area contributed by atoms with E-state index in [4.69, 9.17) is 0 Å². The average Bonchev–Trinajstić information content (AvgIpc) is 3.27. The number of nitrogens with zero attached hydrogens (tertiary/aromatic N) is 2. The van der Waals surface area contributed by atoms with E-state index in [-0.39, 0.29) is 0 Å². The molecule has 5 rings (SSSR count). The third-order valence-electron chi connectivity index (χ3n) is 4.84. The molecule has 0 spiro atoms. The van der Waals surface area contributed by atoms with Gasteiger partial charge in [-0.3, -0.25) is 0 Å². The van der Waals surface area contributed by atoms with Crippen molar-refractivity contribution in [1.82, 2.24) is 9.78 Å². The van der Waals surface area contributed by atoms with Crippen molar-refractivity contribution in [2.75, 3.05) is 0 Å². The molecule has 1 atom stereocenters. The van der Waals surface area contributed by atoms with Crippen LogP contribution in [0.5, 0.6) is 0 Å². The summed E-state index contributed by atoms with van der Waals surface area (Å²) in [6, 6.07) is 22.5. The van der Waals surface area contributed by atoms with Crippen LogP contribution in [0.1, 0.15) is 5.56 Å². The van der Waals surface area contributed by atoms with Gasteiger partial charge in [-0.2, -0.15) is 0 Å². The molecule has 3 aromatic carbocycles. The molecule has 0 radical (unpaired) electrons. The zero-order valence-electron chi connectivity index (χ0n) is 14.2. The Morgan fingerprint density at radius 3 is 2.50 bits per heavy atom. The Labute approximate surface area is 156 Å². The van der Waals surface area contributed by atoms with E-state index in [1.165, 1.54) is 5.56 Å². The number of para-hydroxylation sites is 1. The first-order valence-corrected chi connectivity index (χ1v) is 10.9. The van der Waals surface area contributed by atoms with Crippen LogP contribution in [0.15, 0.2) is 79.1 Å². The second-order valence-electron chi connectivity index (χ2n) is 6.44. The fourth-order valence-electron chi connectivity index (χ4n) is 3.47. The SMILES string of the molecule is Cc1ccccc1-n1cc(-c2ccc3c(c2)[Se](=O)c2ccccc2-3)cn1. The Balaban J connectivity index is 1.58. The van der Waals surface area contributed by atoms with Gasteiger partial charge < -0.3 is 0 Å². The molecule has 0 bridgehead atoms. The number of hydrogen-bond acceptors (Lipinski definition) is 2. The Hall–Kier alpha value is -2.81. The van der Waals surface area contributed by atoms with Gasteiger partial charge in [-0.1, -0.05) is 0 Å². The summed E-state index contributed by atoms with van der Waals surface area (Å²) in [6.45, 7) is 2.08. The van der Waals surface area contributed by atoms with E-state index in [1.54, 1.807) is 0 Å². The van der Waals surface area contributed by atoms with Gasteiger partial charge in [-0.05, 0) is 0 Å². The van der Waals surface area contributed by atoms with Gasteiger partial charge in [0.1, 0.15) is 0 Å². The Morgan fingerprint density at radius 2 is 1.62 bits per heavy atom. The van der Waals surface area contributed by atoms with E-state index in [0.717, 1.165) is 36.9 Å². The van der Waals surface area contributed by atoms with Crippen molar-refractivity contribution in [3.05, 3.63) is 84.7 Å². The van der Waals surface area contributed by atoms with Crippen LogP contribution in [0, 0.1) is 6.92 Å². The fourth-order valence-corrected chi connectivity index (χ4v) is 6.47. The van der Waals surface area contributed by atoms with Gasteiger partial charge >= 0.3 is 156 Å². The monoisotopic (exact) mass is 404 g/mol. The van der Waals surface area contributed by atoms with Crippen LogP contribution in [0.2, 0.25) is 0 Å². The molecule has 1 aromatic heterocycles. The molecule has 0 saturated heterocycles. The molecular formula is C22H16N2OSe. The summed E-state index contributed by atoms with van der Waals surface area (Å²) in [5, 5.41) is 4.52. The number of benzene rings is 3. The quantitative estimate of drug-likeness (QED) is 0.424. The van der Waals surface area contributed by atoms with Crippen LogP contribution >= 0.6 is 0 Å². The van der Waals surface area contributed by atoms with Crippen LogP contribution in [-0.2, 0) is 3.83 Å². The van der Waals surface area contributed by atoms with E-state index in [2.05, 4.69) is 48.4 Å². The van der Waals surface area contributed by atoms with Crippen LogP contribution in [0.25, 0.3) is 27.9 Å². The molecule has 2 heterocycles. The summed E-state index contributed by atoms with van der Waals surface area (Å²) in [5.74, 6) is 0. The molecule has 0 aliphatic carbocycles. The van der Waals surface area contributed by atoms with E-state index >= 15 is 0 Å². The van der Waals surface area contributed by atoms with Gasteiger partial charge in [0.25, 0.3) is 0 Å². The van der Waals surface area contributed by atoms with Crippen LogP contribution in [-0.4, -0.2) is 23.6 Å². The predicted octanol–water partition coefficient (Wildman–Crippen LogP) is 3.36. The zero-order valence-corrected chi connectivity index (χ0v) is 15.9. The van der Waals surface area contributed by atoms with Crippen LogP contribution < -0.4 is 8.92 Å². The molecular weight excluding hydrogens is 387 g/mol. The molecule has 26 heavy (non-hydrogen) atoms. The molecule has 1 aliphatic heterocycles. The maximum atomic E-state index is 12.9. The van der Waals surface area contributed by atoms with Crippen LogP contribution in [0.3, 0.4) is 0 Å². The molecule has 126 valence electrons. The number of hydrogen-bond donors (Lipinski definition) is 0. The van der Waals surface area contributed by atoms with Crippen molar-refractivity contribution in [3.63, 3.8) is 0 Å². The van der Waals surface area contributed by atoms with Gasteiger partial charge in [0.05, 0.1) is 0 Å². The molecule has 0 N–H and O–H groups in total. The van der Waals surface area contributed by atoms with Crippen molar-refractivity contribution in [2.45, 2.75) is 6.92 Å². The summed E-state index contributed by atoms with van der Waals surface area (Å²) >= 11 is -2.18. The Morgan fingerprint density at radius 1 is 0.846 bits per heavy atom. The summed E-state index contributed by atoms with van der Waals surface area (Å²) in [6.07, 6.45) is 3.90. The van der Waals surface area contributed by atoms with Crippen LogP contribution in [0.4, 0.5) is 0 Å². The third kappa shape index (κ3) is 2.31. The standard InChI is InChI=1S/C22H16N2OSe/c1-15-6-2-4-8-20(15)24-14-17(13-23-24)16-10-11-19-18-7-3-5-9-21(18)26(25)22(19)12-16/h2-14H,1H3. The summed E-state index contributed by atoms with van der Waals surface area (Å²) in [7, 11) is 0. The molecule has 0 fully saturated rings. The first-order chi connectivity index (χ1) is 12.7. The summed E-state index contributed by atoms with van der Waals surface area (Å²) in [4.78, 5) is 0. The van der Waals surface area contributed by atoms with Gasteiger partial charge in [-0.15, -0.1) is 0 Å². The topological polar surface area (TPSA) is 34.9 Å². The van der Waals surface area contributed by atoms with Gasteiger partial charge in [0.15, 0.2) is 0 Å². The molecule has 3 nitrogen and oxygen atoms in total. The van der Waals surface area contributed by atoms with E-state index in [1.807, 2.05) is 47.4 Å². The van der Waals surface area contributed by atoms with Gasteiger partial charge in [-0.25, -0.2) is 0 Å². The molecule has 1 aliphatic rings. The van der Waals surface area contributed by atoms with E-state index in [9.17, 15) is 3.83 Å². The van der Waals surface area contributed by atoms with Gasteiger partial charge in [0.2, 0.25) is 0 Å². The minimum absolute atomic E-state index is 0.979. The molecule has 1 unspecified atom stereocenters. The van der Waals surface area contributed by atoms with E-state index < -0.39 is 13.8 Å². The predicted molar refractivity (Wildman–Crippen MR) is 105 cm³/mol. The van der Waals surface area contributed by atoms with E-state index in [0.29, 0.717) is 0 Å². The second kappa shape index (κ2) is 5.87. The Bertz CT molecular complexity index is 1180. The zero-order chi connectivity index (χ0) is 17.7. The third-order valence-corrected chi connectivity index (χ3v) is 7.97. The first kappa shape index (κ1) is 15.4. The summed E-state index contributed by atoms with van der Waals surface area (Å²) in [5.41, 5.74) is 6.56. The summed E-state index contributed by atoms with van der Waals surface area (Å²) < 4.78 is 16.8. The average molecular weight is 403 g/mol. The van der Waals surface area contributed by atoms with Crippen molar-refractivity contribution in [3.8, 4) is 27.9 Å². The normalized spacial score (nSPS) is 14.9. The molecule has 0 saturated carbocycles. The Kier molecular flexibility index (Phi) is 3.49. The molecule has 4 aromatic rings. The number of aromatic nitrogens is 2. The number of rotatable bonds is 2. The maximum absolute atomic E-state index is 12.9. The van der Waals surface area contributed by atoms with Crippen molar-refractivity contribution < 1.29 is 3.83 Å². The molecule has 4 heteroatoms. The first-order valence-electron chi connectivity index (χ1n) is 8.49. The van der Waals surface area contributed by atoms with Crippen molar-refractivity contribution in [2.24, 2.45) is 0 Å². The fraction of sp³-hybridized carbons (Fsp3) is 0.0455. The second-order valence-corrected chi connectivity index (χ2v) is 9.41.